The quantitative estimate of drug-likeness (QED) is 0.144. The van der Waals surface area contributed by atoms with Crippen LogP contribution < -0.4 is 9.80 Å². The van der Waals surface area contributed by atoms with Crippen LogP contribution >= 0.6 is 22.7 Å². The van der Waals surface area contributed by atoms with Crippen LogP contribution in [-0.4, -0.2) is 83.3 Å². The lowest BCUT2D eigenvalue weighted by Crippen LogP contribution is -2.49. The fourth-order valence-electron chi connectivity index (χ4n) is 9.89. The van der Waals surface area contributed by atoms with Crippen LogP contribution in [-0.2, 0) is 33.3 Å². The number of hydrogen-bond acceptors (Lipinski definition) is 11. The number of amides is 2. The van der Waals surface area contributed by atoms with Gasteiger partial charge in [0.2, 0.25) is 11.8 Å². The van der Waals surface area contributed by atoms with Crippen molar-refractivity contribution in [3.8, 4) is 23.7 Å². The summed E-state index contributed by atoms with van der Waals surface area (Å²) >= 11 is 2.60. The van der Waals surface area contributed by atoms with Crippen molar-refractivity contribution in [3.05, 3.63) is 31.6 Å². The highest BCUT2D eigenvalue weighted by Gasteiger charge is 2.45. The number of thiophene rings is 2. The van der Waals surface area contributed by atoms with Crippen molar-refractivity contribution in [2.75, 3.05) is 37.2 Å². The third-order valence-corrected chi connectivity index (χ3v) is 15.8. The molecule has 1 saturated heterocycles. The first kappa shape index (κ1) is 57.6. The summed E-state index contributed by atoms with van der Waals surface area (Å²) in [7, 11) is 2.75. The summed E-state index contributed by atoms with van der Waals surface area (Å²) in [6.07, 6.45) is 13.0. The van der Waals surface area contributed by atoms with E-state index in [0.29, 0.717) is 71.9 Å². The normalized spacial score (nSPS) is 22.7. The molecule has 2 amide bonds. The van der Waals surface area contributed by atoms with E-state index in [4.69, 9.17) is 18.9 Å². The first-order valence-electron chi connectivity index (χ1n) is 24.7. The number of ketones is 1. The van der Waals surface area contributed by atoms with Crippen LogP contribution in [0.3, 0.4) is 0 Å². The van der Waals surface area contributed by atoms with Gasteiger partial charge in [-0.05, 0) is 143 Å². The van der Waals surface area contributed by atoms with Gasteiger partial charge in [0.25, 0.3) is 0 Å². The highest BCUT2D eigenvalue weighted by molar-refractivity contribution is 7.15. The van der Waals surface area contributed by atoms with Gasteiger partial charge in [-0.1, -0.05) is 45.0 Å². The second-order valence-electron chi connectivity index (χ2n) is 21.6. The molecule has 1 spiro atoms. The first-order chi connectivity index (χ1) is 31.7. The number of hydrogen-bond donors (Lipinski definition) is 0. The summed E-state index contributed by atoms with van der Waals surface area (Å²) in [6, 6.07) is 3.70. The Balaban J connectivity index is 0.000000293. The molecule has 11 nitrogen and oxygen atoms in total. The van der Waals surface area contributed by atoms with Crippen LogP contribution in [0.2, 0.25) is 0 Å². The van der Waals surface area contributed by atoms with Crippen molar-refractivity contribution >= 4 is 72.0 Å². The van der Waals surface area contributed by atoms with Crippen molar-refractivity contribution in [1.82, 2.24) is 0 Å². The molecule has 4 saturated carbocycles. The Hall–Kier alpha value is -3.95. The molecule has 2 aromatic rings. The molecule has 3 heterocycles. The topological polar surface area (TPSA) is 129 Å². The molecule has 0 N–H and O–H groups in total. The van der Waals surface area contributed by atoms with Gasteiger partial charge in [-0.2, -0.15) is 0 Å². The summed E-state index contributed by atoms with van der Waals surface area (Å²) < 4.78 is 22.1. The molecule has 2 aromatic heterocycles. The van der Waals surface area contributed by atoms with Crippen molar-refractivity contribution in [2.24, 2.45) is 34.5 Å². The van der Waals surface area contributed by atoms with Gasteiger partial charge >= 0.3 is 11.9 Å². The Morgan fingerprint density at radius 3 is 1.33 bits per heavy atom. The Morgan fingerprint density at radius 2 is 0.986 bits per heavy atom. The molecular formula is C55H78BN2O9S2. The van der Waals surface area contributed by atoms with Crippen LogP contribution in [0.5, 0.6) is 0 Å². The summed E-state index contributed by atoms with van der Waals surface area (Å²) in [5.41, 5.74) is 0.914. The van der Waals surface area contributed by atoms with Gasteiger partial charge in [0.1, 0.15) is 15.5 Å². The van der Waals surface area contributed by atoms with Crippen LogP contribution in [0.15, 0.2) is 12.1 Å². The molecular weight excluding hydrogens is 908 g/mol. The van der Waals surface area contributed by atoms with Crippen molar-refractivity contribution in [2.45, 2.75) is 183 Å². The fourth-order valence-corrected chi connectivity index (χ4v) is 11.7. The molecule has 4 aliphatic carbocycles. The van der Waals surface area contributed by atoms with Crippen LogP contribution in [0.25, 0.3) is 0 Å². The Morgan fingerprint density at radius 1 is 0.623 bits per heavy atom. The second-order valence-corrected chi connectivity index (χ2v) is 23.7. The molecule has 14 heteroatoms. The number of anilines is 2. The van der Waals surface area contributed by atoms with E-state index in [0.717, 1.165) is 86.8 Å². The van der Waals surface area contributed by atoms with Crippen LogP contribution in [0.1, 0.15) is 195 Å². The van der Waals surface area contributed by atoms with Gasteiger partial charge in [-0.25, -0.2) is 9.59 Å². The Labute approximate surface area is 423 Å². The van der Waals surface area contributed by atoms with E-state index in [-0.39, 0.29) is 68.2 Å². The zero-order valence-corrected chi connectivity index (χ0v) is 43.9. The van der Waals surface area contributed by atoms with E-state index in [1.807, 2.05) is 42.7 Å². The van der Waals surface area contributed by atoms with Crippen LogP contribution in [0, 0.1) is 58.2 Å². The van der Waals surface area contributed by atoms with Gasteiger partial charge in [-0.15, -0.1) is 22.7 Å². The smallest absolute Gasteiger partial charge is 0.350 e. The van der Waals surface area contributed by atoms with Crippen molar-refractivity contribution in [1.29, 1.82) is 0 Å². The third kappa shape index (κ3) is 15.3. The minimum absolute atomic E-state index is 0. The number of carbonyl (C=O) groups is 5. The number of ether oxygens (including phenoxy) is 4. The standard InChI is InChI=1S/C28H39NO5S.C26H35NO4S.CH4.B/c1-19-6-8-20(9-7-19)25(30)29(21-10-14-28(15-11-21)33-16-17-34-28)23-18-22(12-13-27(2,3)4)35-24(23)26(31)32-5;1-17-6-8-18(9-7-17)24(29)27(19-10-12-20(28)13-11-19)22-16-21(14-15-26(2,3)4)32-23(22)25(30)31-5;;/h18-21H,6-11,14-17H2,1-5H3;16-19H,6-13H2,1-5H3;1H4;. The number of rotatable bonds is 8. The number of methoxy groups -OCH3 is 2. The van der Waals surface area contributed by atoms with E-state index in [2.05, 4.69) is 58.3 Å². The molecule has 377 valence electrons. The van der Waals surface area contributed by atoms with Gasteiger partial charge in [0.05, 0.1) is 48.6 Å². The molecule has 5 aliphatic rings. The number of nitrogens with zero attached hydrogens (tertiary/aromatic N) is 2. The van der Waals surface area contributed by atoms with Crippen molar-refractivity contribution < 1.29 is 42.9 Å². The minimum Gasteiger partial charge on any atom is -0.465 e. The zero-order valence-electron chi connectivity index (χ0n) is 42.3. The highest BCUT2D eigenvalue weighted by Crippen LogP contribution is 2.43. The SMILES string of the molecule is C.COC(=O)c1sc(C#CC(C)(C)C)cc1N(C(=O)C1CCC(C)CC1)C1CCC(=O)CC1.COC(=O)c1sc(C#CC(C)(C)C)cc1N(C(=O)C1CCC(C)CC1)C1CCC2(CC1)OCCO2.[B]. The maximum absolute atomic E-state index is 14.1. The molecule has 0 bridgehead atoms. The molecule has 0 unspecified atom stereocenters. The number of esters is 2. The monoisotopic (exact) mass is 986 g/mol. The van der Waals surface area contributed by atoms with Crippen molar-refractivity contribution in [3.63, 3.8) is 0 Å². The molecule has 0 atom stereocenters. The summed E-state index contributed by atoms with van der Waals surface area (Å²) in [5.74, 6) is 13.2. The molecule has 0 aromatic carbocycles. The second kappa shape index (κ2) is 24.9. The molecule has 3 radical (unpaired) electrons. The lowest BCUT2D eigenvalue weighted by atomic mass is 9.81. The summed E-state index contributed by atoms with van der Waals surface area (Å²) in [4.78, 5) is 71.5. The molecule has 7 rings (SSSR count). The lowest BCUT2D eigenvalue weighted by molar-refractivity contribution is -0.179. The average molecular weight is 986 g/mol. The number of Topliss-reactive ketones (excluding diaryl/α,β-unsaturated/α-hetero) is 1. The summed E-state index contributed by atoms with van der Waals surface area (Å²) in [6.45, 7) is 18.0. The maximum Gasteiger partial charge on any atom is 0.350 e. The maximum atomic E-state index is 14.1. The zero-order chi connectivity index (χ0) is 48.7. The highest BCUT2D eigenvalue weighted by atomic mass is 32.1. The molecule has 69 heavy (non-hydrogen) atoms. The van der Waals surface area contributed by atoms with Gasteiger partial charge < -0.3 is 28.7 Å². The predicted octanol–water partition coefficient (Wildman–Crippen LogP) is 11.6. The van der Waals surface area contributed by atoms with Gasteiger partial charge in [0.15, 0.2) is 5.79 Å². The Kier molecular flexibility index (Phi) is 20.8. The predicted molar refractivity (Wildman–Crippen MR) is 278 cm³/mol. The van der Waals surface area contributed by atoms with E-state index in [1.54, 1.807) is 0 Å². The fraction of sp³-hybridized carbons (Fsp3) is 0.691. The number of carbonyl (C=O) groups excluding carboxylic acids is 5. The van der Waals surface area contributed by atoms with E-state index >= 15 is 0 Å². The van der Waals surface area contributed by atoms with E-state index in [1.165, 1.54) is 36.9 Å². The summed E-state index contributed by atoms with van der Waals surface area (Å²) in [5, 5.41) is 0. The van der Waals surface area contributed by atoms with Crippen LogP contribution in [0.4, 0.5) is 11.4 Å². The minimum atomic E-state index is -0.505. The average Bonchev–Trinajstić information content (AvgIpc) is 4.05. The molecule has 5 fully saturated rings. The first-order valence-corrected chi connectivity index (χ1v) is 26.3. The molecule has 1 aliphatic heterocycles. The van der Waals surface area contributed by atoms with E-state index in [9.17, 15) is 24.0 Å². The van der Waals surface area contributed by atoms with Gasteiger partial charge in [0, 0.05) is 68.8 Å². The lowest BCUT2D eigenvalue weighted by Gasteiger charge is -2.42. The Bertz CT molecular complexity index is 2210. The van der Waals surface area contributed by atoms with E-state index < -0.39 is 17.7 Å². The third-order valence-electron chi connectivity index (χ3n) is 13.8. The van der Waals surface area contributed by atoms with Gasteiger partial charge in [-0.3, -0.25) is 14.4 Å². The largest absolute Gasteiger partial charge is 0.465 e.